The lowest BCUT2D eigenvalue weighted by atomic mass is 10.2. The van der Waals surface area contributed by atoms with Crippen molar-refractivity contribution in [1.29, 1.82) is 0 Å². The standard InChI is InChI=1S/C7H5NO3S2/c9-4-3(5(10)8-6(4)11)7-12-1-2-13-7/h1-2H2,(H,8,10,11). The minimum atomic E-state index is -0.805. The van der Waals surface area contributed by atoms with Crippen LogP contribution in [0, 0.1) is 0 Å². The molecule has 68 valence electrons. The van der Waals surface area contributed by atoms with Crippen LogP contribution in [-0.4, -0.2) is 29.1 Å². The molecular weight excluding hydrogens is 210 g/mol. The van der Waals surface area contributed by atoms with Crippen molar-refractivity contribution in [2.75, 3.05) is 11.5 Å². The third-order valence-electron chi connectivity index (χ3n) is 1.64. The Balaban J connectivity index is 2.42. The van der Waals surface area contributed by atoms with Crippen molar-refractivity contribution in [1.82, 2.24) is 5.32 Å². The third-order valence-corrected chi connectivity index (χ3v) is 4.36. The molecular formula is C7H5NO3S2. The van der Waals surface area contributed by atoms with Gasteiger partial charge in [-0.05, 0) is 0 Å². The van der Waals surface area contributed by atoms with Crippen LogP contribution in [0.5, 0.6) is 0 Å². The van der Waals surface area contributed by atoms with Crippen LogP contribution in [0.1, 0.15) is 0 Å². The molecule has 0 radical (unpaired) electrons. The molecule has 0 aliphatic carbocycles. The Morgan fingerprint density at radius 2 is 1.62 bits per heavy atom. The fourth-order valence-corrected chi connectivity index (χ4v) is 3.61. The Hall–Kier alpha value is -0.750. The number of Topliss-reactive ketones (excluding diaryl/α,β-unsaturated/α-hetero) is 1. The highest BCUT2D eigenvalue weighted by atomic mass is 32.2. The number of imide groups is 1. The number of hydrogen-bond acceptors (Lipinski definition) is 5. The van der Waals surface area contributed by atoms with Crippen molar-refractivity contribution >= 4 is 41.1 Å². The van der Waals surface area contributed by atoms with E-state index in [4.69, 9.17) is 0 Å². The first-order valence-corrected chi connectivity index (χ1v) is 5.57. The van der Waals surface area contributed by atoms with Gasteiger partial charge < -0.3 is 0 Å². The van der Waals surface area contributed by atoms with Crippen LogP contribution >= 0.6 is 23.5 Å². The molecule has 0 bridgehead atoms. The van der Waals surface area contributed by atoms with Gasteiger partial charge in [-0.2, -0.15) is 0 Å². The summed E-state index contributed by atoms with van der Waals surface area (Å²) in [6.07, 6.45) is 0. The number of rotatable bonds is 0. The zero-order valence-corrected chi connectivity index (χ0v) is 8.09. The highest BCUT2D eigenvalue weighted by molar-refractivity contribution is 8.25. The average molecular weight is 215 g/mol. The van der Waals surface area contributed by atoms with Crippen molar-refractivity contribution in [2.45, 2.75) is 0 Å². The van der Waals surface area contributed by atoms with Crippen molar-refractivity contribution in [2.24, 2.45) is 0 Å². The maximum atomic E-state index is 11.2. The SMILES string of the molecule is O=C1NC(=O)C(=C2SCCS2)C1=O. The van der Waals surface area contributed by atoms with Gasteiger partial charge in [-0.3, -0.25) is 19.7 Å². The molecule has 0 atom stereocenters. The quantitative estimate of drug-likeness (QED) is 0.265. The summed E-state index contributed by atoms with van der Waals surface area (Å²) in [5.74, 6) is -0.273. The molecule has 2 saturated heterocycles. The maximum absolute atomic E-state index is 11.2. The van der Waals surface area contributed by atoms with Crippen LogP contribution in [0.3, 0.4) is 0 Å². The van der Waals surface area contributed by atoms with Crippen molar-refractivity contribution in [3.05, 3.63) is 9.81 Å². The minimum Gasteiger partial charge on any atom is -0.285 e. The van der Waals surface area contributed by atoms with Crippen LogP contribution in [0.15, 0.2) is 9.81 Å². The summed E-state index contributed by atoms with van der Waals surface area (Å²) in [5, 5.41) is 1.98. The molecule has 0 unspecified atom stereocenters. The van der Waals surface area contributed by atoms with Crippen LogP contribution in [-0.2, 0) is 14.4 Å². The van der Waals surface area contributed by atoms with Gasteiger partial charge in [0.1, 0.15) is 5.57 Å². The van der Waals surface area contributed by atoms with Crippen molar-refractivity contribution in [3.8, 4) is 0 Å². The number of carbonyl (C=O) groups excluding carboxylic acids is 3. The van der Waals surface area contributed by atoms with Crippen LogP contribution in [0.2, 0.25) is 0 Å². The first-order valence-electron chi connectivity index (χ1n) is 3.60. The predicted molar refractivity (Wildman–Crippen MR) is 50.1 cm³/mol. The molecule has 2 fully saturated rings. The zero-order chi connectivity index (χ0) is 9.42. The summed E-state index contributed by atoms with van der Waals surface area (Å²) < 4.78 is 0.688. The number of thioether (sulfide) groups is 2. The van der Waals surface area contributed by atoms with E-state index in [1.54, 1.807) is 0 Å². The zero-order valence-electron chi connectivity index (χ0n) is 6.46. The van der Waals surface area contributed by atoms with Crippen LogP contribution in [0.25, 0.3) is 0 Å². The molecule has 0 aromatic heterocycles. The average Bonchev–Trinajstić information content (AvgIpc) is 2.63. The summed E-state index contributed by atoms with van der Waals surface area (Å²) in [6, 6.07) is 0. The summed E-state index contributed by atoms with van der Waals surface area (Å²) in [4.78, 5) is 33.1. The monoisotopic (exact) mass is 215 g/mol. The van der Waals surface area contributed by atoms with E-state index in [-0.39, 0.29) is 5.57 Å². The molecule has 0 aromatic carbocycles. The van der Waals surface area contributed by atoms with Gasteiger partial charge in [-0.15, -0.1) is 23.5 Å². The fourth-order valence-electron chi connectivity index (χ4n) is 1.08. The Kier molecular flexibility index (Phi) is 2.17. The number of hydrogen-bond donors (Lipinski definition) is 1. The number of ketones is 1. The van der Waals surface area contributed by atoms with E-state index in [1.165, 1.54) is 23.5 Å². The van der Waals surface area contributed by atoms with Crippen LogP contribution in [0.4, 0.5) is 0 Å². The molecule has 2 heterocycles. The molecule has 0 spiro atoms. The second kappa shape index (κ2) is 3.19. The smallest absolute Gasteiger partial charge is 0.285 e. The first-order chi connectivity index (χ1) is 6.20. The van der Waals surface area contributed by atoms with Gasteiger partial charge in [0.15, 0.2) is 0 Å². The van der Waals surface area contributed by atoms with Crippen molar-refractivity contribution < 1.29 is 14.4 Å². The molecule has 2 aliphatic heterocycles. The molecule has 2 aliphatic rings. The van der Waals surface area contributed by atoms with Gasteiger partial charge in [0.25, 0.3) is 17.6 Å². The lowest BCUT2D eigenvalue weighted by Crippen LogP contribution is -2.21. The molecule has 13 heavy (non-hydrogen) atoms. The Bertz CT molecular complexity index is 340. The first kappa shape index (κ1) is 8.83. The summed E-state index contributed by atoms with van der Waals surface area (Å²) in [5.41, 5.74) is 0.0394. The Labute approximate surface area is 82.5 Å². The summed E-state index contributed by atoms with van der Waals surface area (Å²) in [7, 11) is 0. The Morgan fingerprint density at radius 3 is 2.08 bits per heavy atom. The van der Waals surface area contributed by atoms with E-state index in [2.05, 4.69) is 0 Å². The van der Waals surface area contributed by atoms with E-state index in [0.29, 0.717) is 4.24 Å². The van der Waals surface area contributed by atoms with Gasteiger partial charge in [-0.25, -0.2) is 0 Å². The molecule has 4 nitrogen and oxygen atoms in total. The minimum absolute atomic E-state index is 0.0394. The molecule has 0 aromatic rings. The molecule has 2 rings (SSSR count). The lowest BCUT2D eigenvalue weighted by molar-refractivity contribution is -0.134. The second-order valence-electron chi connectivity index (χ2n) is 2.47. The highest BCUT2D eigenvalue weighted by Crippen LogP contribution is 2.39. The predicted octanol–water partition coefficient (Wildman–Crippen LogP) is -0.0965. The molecule has 1 N–H and O–H groups in total. The van der Waals surface area contributed by atoms with Gasteiger partial charge in [0.05, 0.1) is 4.24 Å². The van der Waals surface area contributed by atoms with E-state index < -0.39 is 17.6 Å². The number of nitrogens with one attached hydrogen (secondary N) is 1. The third kappa shape index (κ3) is 1.40. The van der Waals surface area contributed by atoms with Crippen LogP contribution < -0.4 is 5.32 Å². The normalized spacial score (nSPS) is 22.9. The summed E-state index contributed by atoms with van der Waals surface area (Å²) >= 11 is 2.92. The maximum Gasteiger partial charge on any atom is 0.299 e. The van der Waals surface area contributed by atoms with Gasteiger partial charge >= 0.3 is 0 Å². The van der Waals surface area contributed by atoms with E-state index in [9.17, 15) is 14.4 Å². The molecule has 0 saturated carbocycles. The van der Waals surface area contributed by atoms with Gasteiger partial charge in [0.2, 0.25) is 0 Å². The Morgan fingerprint density at radius 1 is 1.00 bits per heavy atom. The highest BCUT2D eigenvalue weighted by Gasteiger charge is 2.37. The van der Waals surface area contributed by atoms with E-state index in [1.807, 2.05) is 5.32 Å². The molecule has 6 heteroatoms. The topological polar surface area (TPSA) is 63.2 Å². The second-order valence-corrected chi connectivity index (χ2v) is 4.94. The van der Waals surface area contributed by atoms with Gasteiger partial charge in [-0.1, -0.05) is 0 Å². The fraction of sp³-hybridized carbons (Fsp3) is 0.286. The number of carbonyl (C=O) groups is 3. The van der Waals surface area contributed by atoms with Gasteiger partial charge in [0, 0.05) is 11.5 Å². The largest absolute Gasteiger partial charge is 0.299 e. The number of amides is 2. The lowest BCUT2D eigenvalue weighted by Gasteiger charge is -1.94. The van der Waals surface area contributed by atoms with E-state index >= 15 is 0 Å². The summed E-state index contributed by atoms with van der Waals surface area (Å²) in [6.45, 7) is 0. The van der Waals surface area contributed by atoms with E-state index in [0.717, 1.165) is 11.5 Å². The van der Waals surface area contributed by atoms with Crippen molar-refractivity contribution in [3.63, 3.8) is 0 Å². The molecule has 2 amide bonds.